The highest BCUT2D eigenvalue weighted by Gasteiger charge is 2.41. The Labute approximate surface area is 159 Å². The van der Waals surface area contributed by atoms with Crippen LogP contribution in [0.25, 0.3) is 0 Å². The molecule has 0 aromatic heterocycles. The fourth-order valence-electron chi connectivity index (χ4n) is 5.58. The molecule has 3 aliphatic heterocycles. The molecule has 0 aromatic rings. The maximum atomic E-state index is 11.6. The molecule has 3 fully saturated rings. The summed E-state index contributed by atoms with van der Waals surface area (Å²) in [5.41, 5.74) is 0. The van der Waals surface area contributed by atoms with Gasteiger partial charge in [0.2, 0.25) is 5.91 Å². The van der Waals surface area contributed by atoms with E-state index in [-0.39, 0.29) is 5.91 Å². The molecule has 5 nitrogen and oxygen atoms in total. The highest BCUT2D eigenvalue weighted by Crippen LogP contribution is 2.37. The lowest BCUT2D eigenvalue weighted by Gasteiger charge is -2.38. The van der Waals surface area contributed by atoms with Gasteiger partial charge in [-0.15, -0.1) is 0 Å². The van der Waals surface area contributed by atoms with E-state index in [0.29, 0.717) is 30.4 Å². The second-order valence-corrected chi connectivity index (χ2v) is 9.33. The maximum absolute atomic E-state index is 11.6. The van der Waals surface area contributed by atoms with Gasteiger partial charge in [-0.25, -0.2) is 0 Å². The summed E-state index contributed by atoms with van der Waals surface area (Å²) >= 11 is 0. The quantitative estimate of drug-likeness (QED) is 0.808. The summed E-state index contributed by atoms with van der Waals surface area (Å²) in [6.45, 7) is 14.3. The molecule has 0 saturated carbocycles. The number of carbonyl (C=O) groups excluding carboxylic acids is 1. The summed E-state index contributed by atoms with van der Waals surface area (Å²) < 4.78 is 0. The monoisotopic (exact) mass is 365 g/mol. The van der Waals surface area contributed by atoms with E-state index in [2.05, 4.69) is 23.6 Å². The van der Waals surface area contributed by atoms with Crippen LogP contribution in [0.1, 0.15) is 46.5 Å². The van der Waals surface area contributed by atoms with Crippen molar-refractivity contribution in [2.75, 3.05) is 52.4 Å². The van der Waals surface area contributed by atoms with E-state index in [4.69, 9.17) is 0 Å². The molecule has 3 aliphatic rings. The highest BCUT2D eigenvalue weighted by atomic mass is 16.3. The number of likely N-dealkylation sites (tertiary alicyclic amines) is 3. The molecule has 2 atom stereocenters. The number of aliphatic hydroxyl groups excluding tert-OH is 1. The SMILES string of the molecule is CC(=O)N1CCC([C@@H]2CN(C3CCN(CC(C)C)CC3)C[C@H]2CO)CC1. The second-order valence-electron chi connectivity index (χ2n) is 9.33. The van der Waals surface area contributed by atoms with Crippen LogP contribution < -0.4 is 0 Å². The molecular formula is C21H39N3O2. The Balaban J connectivity index is 1.51. The summed E-state index contributed by atoms with van der Waals surface area (Å²) in [7, 11) is 0. The summed E-state index contributed by atoms with van der Waals surface area (Å²) in [4.78, 5) is 18.9. The first kappa shape index (κ1) is 20.1. The molecule has 1 N–H and O–H groups in total. The molecule has 0 unspecified atom stereocenters. The standard InChI is InChI=1S/C21H39N3O2/c1-16(2)12-22-8-6-20(7-9-22)24-13-19(15-25)21(14-24)18-4-10-23(11-5-18)17(3)26/h16,18-21,25H,4-15H2,1-3H3/t19-,21-/m0/s1. The zero-order chi connectivity index (χ0) is 18.7. The smallest absolute Gasteiger partial charge is 0.219 e. The minimum atomic E-state index is 0.211. The molecule has 0 spiro atoms. The van der Waals surface area contributed by atoms with E-state index >= 15 is 0 Å². The van der Waals surface area contributed by atoms with E-state index in [9.17, 15) is 9.90 Å². The van der Waals surface area contributed by atoms with Gasteiger partial charge >= 0.3 is 0 Å². The van der Waals surface area contributed by atoms with Crippen molar-refractivity contribution >= 4 is 5.91 Å². The van der Waals surface area contributed by atoms with E-state index in [0.717, 1.165) is 44.9 Å². The number of hydrogen-bond acceptors (Lipinski definition) is 4. The second kappa shape index (κ2) is 9.03. The zero-order valence-corrected chi connectivity index (χ0v) is 17.1. The van der Waals surface area contributed by atoms with E-state index in [1.807, 2.05) is 4.90 Å². The average Bonchev–Trinajstić information content (AvgIpc) is 3.06. The molecule has 0 aromatic carbocycles. The van der Waals surface area contributed by atoms with Crippen LogP contribution in [-0.2, 0) is 4.79 Å². The van der Waals surface area contributed by atoms with Gasteiger partial charge < -0.3 is 14.9 Å². The molecule has 0 radical (unpaired) electrons. The fraction of sp³-hybridized carbons (Fsp3) is 0.952. The number of piperidine rings is 2. The van der Waals surface area contributed by atoms with Crippen molar-refractivity contribution in [3.63, 3.8) is 0 Å². The lowest BCUT2D eigenvalue weighted by Crippen LogP contribution is -2.45. The Morgan fingerprint density at radius 1 is 1.04 bits per heavy atom. The molecule has 0 aliphatic carbocycles. The number of hydrogen-bond donors (Lipinski definition) is 1. The van der Waals surface area contributed by atoms with E-state index in [1.165, 1.54) is 32.5 Å². The van der Waals surface area contributed by atoms with Gasteiger partial charge in [0.1, 0.15) is 0 Å². The minimum Gasteiger partial charge on any atom is -0.396 e. The summed E-state index contributed by atoms with van der Waals surface area (Å²) in [6, 6.07) is 0.703. The predicted molar refractivity (Wildman–Crippen MR) is 105 cm³/mol. The first-order valence-electron chi connectivity index (χ1n) is 10.8. The Bertz CT molecular complexity index is 454. The Hall–Kier alpha value is -0.650. The Morgan fingerprint density at radius 3 is 2.23 bits per heavy atom. The zero-order valence-electron chi connectivity index (χ0n) is 17.1. The molecular weight excluding hydrogens is 326 g/mol. The van der Waals surface area contributed by atoms with Crippen molar-refractivity contribution in [3.8, 4) is 0 Å². The lowest BCUT2D eigenvalue weighted by atomic mass is 9.79. The maximum Gasteiger partial charge on any atom is 0.219 e. The van der Waals surface area contributed by atoms with Crippen molar-refractivity contribution in [2.24, 2.45) is 23.7 Å². The summed E-state index contributed by atoms with van der Waals surface area (Å²) in [5, 5.41) is 9.97. The summed E-state index contributed by atoms with van der Waals surface area (Å²) in [5.74, 6) is 2.68. The Kier molecular flexibility index (Phi) is 6.98. The topological polar surface area (TPSA) is 47.0 Å². The largest absolute Gasteiger partial charge is 0.396 e. The molecule has 26 heavy (non-hydrogen) atoms. The first-order valence-corrected chi connectivity index (χ1v) is 10.8. The minimum absolute atomic E-state index is 0.211. The highest BCUT2D eigenvalue weighted by molar-refractivity contribution is 5.73. The summed E-state index contributed by atoms with van der Waals surface area (Å²) in [6.07, 6.45) is 4.78. The van der Waals surface area contributed by atoms with Crippen LogP contribution in [0.5, 0.6) is 0 Å². The van der Waals surface area contributed by atoms with Crippen LogP contribution in [0.4, 0.5) is 0 Å². The fourth-order valence-corrected chi connectivity index (χ4v) is 5.58. The molecule has 3 saturated heterocycles. The number of nitrogens with zero attached hydrogens (tertiary/aromatic N) is 3. The molecule has 150 valence electrons. The number of aliphatic hydroxyl groups is 1. The van der Waals surface area contributed by atoms with Crippen molar-refractivity contribution in [3.05, 3.63) is 0 Å². The average molecular weight is 366 g/mol. The van der Waals surface area contributed by atoms with Crippen LogP contribution in [0, 0.1) is 23.7 Å². The lowest BCUT2D eigenvalue weighted by molar-refractivity contribution is -0.130. The van der Waals surface area contributed by atoms with Gasteiger partial charge in [-0.2, -0.15) is 0 Å². The van der Waals surface area contributed by atoms with Crippen molar-refractivity contribution in [1.82, 2.24) is 14.7 Å². The number of rotatable bonds is 5. The van der Waals surface area contributed by atoms with Gasteiger partial charge in [-0.1, -0.05) is 13.8 Å². The van der Waals surface area contributed by atoms with Gasteiger partial charge in [-0.05, 0) is 62.4 Å². The van der Waals surface area contributed by atoms with E-state index < -0.39 is 0 Å². The van der Waals surface area contributed by atoms with Crippen LogP contribution in [-0.4, -0.2) is 84.2 Å². The van der Waals surface area contributed by atoms with Gasteiger partial charge in [0.15, 0.2) is 0 Å². The van der Waals surface area contributed by atoms with Gasteiger partial charge in [0.05, 0.1) is 0 Å². The molecule has 3 heterocycles. The molecule has 5 heteroatoms. The normalized spacial score (nSPS) is 30.4. The molecule has 3 rings (SSSR count). The van der Waals surface area contributed by atoms with Gasteiger partial charge in [0, 0.05) is 52.3 Å². The third kappa shape index (κ3) is 4.79. The first-order chi connectivity index (χ1) is 12.5. The van der Waals surface area contributed by atoms with Crippen LogP contribution in [0.15, 0.2) is 0 Å². The van der Waals surface area contributed by atoms with Crippen LogP contribution >= 0.6 is 0 Å². The number of amides is 1. The van der Waals surface area contributed by atoms with Gasteiger partial charge in [-0.3, -0.25) is 9.69 Å². The third-order valence-electron chi connectivity index (χ3n) is 7.04. The Morgan fingerprint density at radius 2 is 1.69 bits per heavy atom. The van der Waals surface area contributed by atoms with Gasteiger partial charge in [0.25, 0.3) is 0 Å². The van der Waals surface area contributed by atoms with Crippen molar-refractivity contribution in [2.45, 2.75) is 52.5 Å². The van der Waals surface area contributed by atoms with Crippen LogP contribution in [0.2, 0.25) is 0 Å². The molecule has 1 amide bonds. The number of carbonyl (C=O) groups is 1. The predicted octanol–water partition coefficient (Wildman–Crippen LogP) is 1.91. The van der Waals surface area contributed by atoms with Crippen LogP contribution in [0.3, 0.4) is 0 Å². The van der Waals surface area contributed by atoms with Crippen molar-refractivity contribution < 1.29 is 9.90 Å². The third-order valence-corrected chi connectivity index (χ3v) is 7.04. The van der Waals surface area contributed by atoms with Crippen molar-refractivity contribution in [1.29, 1.82) is 0 Å². The molecule has 0 bridgehead atoms. The van der Waals surface area contributed by atoms with E-state index in [1.54, 1.807) is 6.92 Å².